The molecule has 4 atom stereocenters. The maximum absolute atomic E-state index is 14.6. The first-order valence-corrected chi connectivity index (χ1v) is 26.5. The largest absolute Gasteiger partial charge is 0.493 e. The van der Waals surface area contributed by atoms with Crippen molar-refractivity contribution in [2.24, 2.45) is 0 Å². The summed E-state index contributed by atoms with van der Waals surface area (Å²) < 4.78 is 37.3. The Morgan fingerprint density at radius 2 is 1.35 bits per heavy atom. The SMILES string of the molecule is C=CCOC(=O)N1c2cc(OCCCOc3cc4c(cc3OC)C(=O)N3C=C(/C=C/C)C[C@H]3[C@H](C)N4C(=O)OCc3ccccc3)c(C)cc2C(=O)N2C=C(/C=C/C)C[C@H]2[C@@H]1O[Si](C)(C)C(C)(C)C. The molecule has 0 aliphatic carbocycles. The number of rotatable bonds is 15. The van der Waals surface area contributed by atoms with E-state index in [4.69, 9.17) is 28.1 Å². The molecule has 0 saturated carbocycles. The van der Waals surface area contributed by atoms with Crippen LogP contribution in [0.15, 0.2) is 115 Å². The van der Waals surface area contributed by atoms with Crippen LogP contribution in [0.5, 0.6) is 17.2 Å². The Labute approximate surface area is 407 Å². The van der Waals surface area contributed by atoms with E-state index in [2.05, 4.69) is 40.4 Å². The molecule has 4 aliphatic rings. The minimum atomic E-state index is -2.57. The quantitative estimate of drug-likeness (QED) is 0.0822. The van der Waals surface area contributed by atoms with Crippen LogP contribution in [0.4, 0.5) is 21.0 Å². The second-order valence-corrected chi connectivity index (χ2v) is 24.0. The summed E-state index contributed by atoms with van der Waals surface area (Å²) >= 11 is 0. The maximum atomic E-state index is 14.6. The number of carbonyl (C=O) groups excluding carboxylic acids is 4. The van der Waals surface area contributed by atoms with Crippen molar-refractivity contribution in [3.8, 4) is 17.2 Å². The Balaban J connectivity index is 1.15. The van der Waals surface area contributed by atoms with E-state index >= 15 is 0 Å². The molecule has 7 rings (SSSR count). The zero-order chi connectivity index (χ0) is 49.8. The molecule has 0 unspecified atom stereocenters. The molecule has 3 aromatic rings. The van der Waals surface area contributed by atoms with Crippen molar-refractivity contribution in [2.45, 2.75) is 117 Å². The number of amides is 4. The number of aryl methyl sites for hydroxylation is 1. The molecule has 3 aromatic carbocycles. The van der Waals surface area contributed by atoms with Crippen molar-refractivity contribution in [2.75, 3.05) is 36.7 Å². The van der Waals surface area contributed by atoms with E-state index in [9.17, 15) is 19.2 Å². The Bertz CT molecular complexity index is 2580. The Kier molecular flexibility index (Phi) is 15.3. The topological polar surface area (TPSA) is 137 Å². The average Bonchev–Trinajstić information content (AvgIpc) is 3.91. The molecule has 14 nitrogen and oxygen atoms in total. The van der Waals surface area contributed by atoms with Gasteiger partial charge in [0, 0.05) is 31.0 Å². The highest BCUT2D eigenvalue weighted by molar-refractivity contribution is 6.74. The third kappa shape index (κ3) is 10.4. The molecule has 4 aliphatic heterocycles. The minimum Gasteiger partial charge on any atom is -0.493 e. The van der Waals surface area contributed by atoms with Crippen LogP contribution in [0.2, 0.25) is 18.1 Å². The predicted octanol–water partition coefficient (Wildman–Crippen LogP) is 11.2. The van der Waals surface area contributed by atoms with Gasteiger partial charge in [-0.25, -0.2) is 14.5 Å². The van der Waals surface area contributed by atoms with Crippen LogP contribution < -0.4 is 24.0 Å². The molecule has 69 heavy (non-hydrogen) atoms. The summed E-state index contributed by atoms with van der Waals surface area (Å²) in [7, 11) is -1.07. The van der Waals surface area contributed by atoms with Crippen molar-refractivity contribution in [1.29, 1.82) is 0 Å². The van der Waals surface area contributed by atoms with E-state index in [1.807, 2.05) is 94.7 Å². The smallest absolute Gasteiger partial charge is 0.416 e. The highest BCUT2D eigenvalue weighted by Crippen LogP contribution is 2.46. The van der Waals surface area contributed by atoms with Gasteiger partial charge in [0.2, 0.25) is 0 Å². The van der Waals surface area contributed by atoms with E-state index in [1.165, 1.54) is 18.1 Å². The highest BCUT2D eigenvalue weighted by atomic mass is 28.4. The number of ether oxygens (including phenoxy) is 5. The first kappa shape index (κ1) is 50.3. The zero-order valence-electron chi connectivity index (χ0n) is 41.6. The van der Waals surface area contributed by atoms with Gasteiger partial charge in [0.15, 0.2) is 26.0 Å². The molecule has 366 valence electrons. The summed E-state index contributed by atoms with van der Waals surface area (Å²) in [5, 5.41) is -0.216. The fourth-order valence-corrected chi connectivity index (χ4v) is 10.1. The molecular formula is C54H66N4O10Si. The summed E-state index contributed by atoms with van der Waals surface area (Å²) in [6.07, 6.45) is 12.3. The second-order valence-electron chi connectivity index (χ2n) is 19.2. The van der Waals surface area contributed by atoms with Gasteiger partial charge in [-0.3, -0.25) is 14.5 Å². The number of benzene rings is 3. The van der Waals surface area contributed by atoms with E-state index < -0.39 is 38.8 Å². The molecule has 0 N–H and O–H groups in total. The van der Waals surface area contributed by atoms with Crippen molar-refractivity contribution < 1.29 is 47.3 Å². The van der Waals surface area contributed by atoms with E-state index in [1.54, 1.807) is 39.0 Å². The number of nitrogens with zero attached hydrogens (tertiary/aromatic N) is 4. The van der Waals surface area contributed by atoms with Gasteiger partial charge in [-0.15, -0.1) is 0 Å². The normalized spacial score (nSPS) is 20.1. The van der Waals surface area contributed by atoms with Gasteiger partial charge in [0.05, 0.1) is 61.0 Å². The number of allylic oxidation sites excluding steroid dienone is 4. The number of anilines is 2. The zero-order valence-corrected chi connectivity index (χ0v) is 42.6. The number of carbonyl (C=O) groups is 4. The summed E-state index contributed by atoms with van der Waals surface area (Å²) in [5.74, 6) is 0.591. The average molecular weight is 959 g/mol. The standard InChI is InChI=1S/C54H66N4O10Si/c1-12-19-38-27-42-36(5)57(52(61)67-34-37-21-16-15-17-22-37)43-31-48(47(63-9)29-41(43)50(60)55(42)32-38)65-25-18-24-64-46-30-44-40(26-35(46)4)49(59)56-33-39(20-13-2)28-45(56)51(58(44)53(62)66-23-14-3)68-69(10,11)54(6,7)8/h12-17,19-22,26,29-33,36,42,45,51H,3,18,23-25,27-28,34H2,1-2,4-11H3/b19-12+,20-13+/t36-,42-,45-,51-/m0/s1. The van der Waals surface area contributed by atoms with Gasteiger partial charge in [0.1, 0.15) is 19.0 Å². The number of hydrogen-bond donors (Lipinski definition) is 0. The van der Waals surface area contributed by atoms with Crippen LogP contribution in [-0.4, -0.2) is 93.4 Å². The van der Waals surface area contributed by atoms with E-state index in [-0.39, 0.29) is 54.9 Å². The van der Waals surface area contributed by atoms with Gasteiger partial charge >= 0.3 is 12.2 Å². The lowest BCUT2D eigenvalue weighted by molar-refractivity contribution is 0.0589. The lowest BCUT2D eigenvalue weighted by Gasteiger charge is -2.44. The molecule has 0 fully saturated rings. The third-order valence-corrected chi connectivity index (χ3v) is 17.9. The third-order valence-electron chi connectivity index (χ3n) is 13.5. The molecule has 0 bridgehead atoms. The van der Waals surface area contributed by atoms with E-state index in [0.717, 1.165) is 16.7 Å². The highest BCUT2D eigenvalue weighted by Gasteiger charge is 2.51. The molecule has 4 amide bonds. The number of hydrogen-bond acceptors (Lipinski definition) is 10. The molecular weight excluding hydrogens is 893 g/mol. The summed E-state index contributed by atoms with van der Waals surface area (Å²) in [6, 6.07) is 14.9. The summed E-state index contributed by atoms with van der Waals surface area (Å²) in [5.41, 5.74) is 4.72. The van der Waals surface area contributed by atoms with Gasteiger partial charge in [-0.05, 0) is 93.1 Å². The predicted molar refractivity (Wildman–Crippen MR) is 269 cm³/mol. The fraction of sp³-hybridized carbons (Fsp3) is 0.407. The Hall–Kier alpha value is -6.58. The van der Waals surface area contributed by atoms with Crippen molar-refractivity contribution >= 4 is 43.7 Å². The fourth-order valence-electron chi connectivity index (χ4n) is 8.91. The van der Waals surface area contributed by atoms with Gasteiger partial charge in [-0.1, -0.05) is 88.1 Å². The van der Waals surface area contributed by atoms with Gasteiger partial charge in [0.25, 0.3) is 11.8 Å². The molecule has 0 spiro atoms. The Morgan fingerprint density at radius 3 is 1.96 bits per heavy atom. The van der Waals surface area contributed by atoms with Crippen LogP contribution in [0.1, 0.15) is 92.6 Å². The molecule has 0 radical (unpaired) electrons. The lowest BCUT2D eigenvalue weighted by atomic mass is 10.0. The monoisotopic (exact) mass is 958 g/mol. The second kappa shape index (κ2) is 21.0. The van der Waals surface area contributed by atoms with Crippen molar-refractivity contribution in [3.63, 3.8) is 0 Å². The lowest BCUT2D eigenvalue weighted by Crippen LogP contribution is -2.57. The first-order valence-electron chi connectivity index (χ1n) is 23.6. The summed E-state index contributed by atoms with van der Waals surface area (Å²) in [4.78, 5) is 63.8. The minimum absolute atomic E-state index is 0.0359. The summed E-state index contributed by atoms with van der Waals surface area (Å²) in [6.45, 7) is 22.4. The number of methoxy groups -OCH3 is 1. The number of fused-ring (bicyclic) bond motifs is 4. The molecule has 0 saturated heterocycles. The van der Waals surface area contributed by atoms with Crippen LogP contribution in [-0.2, 0) is 20.5 Å². The maximum Gasteiger partial charge on any atom is 0.416 e. The molecule has 15 heteroatoms. The van der Waals surface area contributed by atoms with Crippen molar-refractivity contribution in [1.82, 2.24) is 9.80 Å². The van der Waals surface area contributed by atoms with Crippen molar-refractivity contribution in [3.05, 3.63) is 137 Å². The van der Waals surface area contributed by atoms with Gasteiger partial charge in [-0.2, -0.15) is 0 Å². The molecule has 4 heterocycles. The van der Waals surface area contributed by atoms with Crippen LogP contribution in [0, 0.1) is 6.92 Å². The molecule has 0 aromatic heterocycles. The van der Waals surface area contributed by atoms with Crippen LogP contribution >= 0.6 is 0 Å². The first-order chi connectivity index (χ1) is 32.9. The van der Waals surface area contributed by atoms with Gasteiger partial charge < -0.3 is 37.9 Å². The van der Waals surface area contributed by atoms with Crippen LogP contribution in [0.25, 0.3) is 0 Å². The van der Waals surface area contributed by atoms with Crippen LogP contribution in [0.3, 0.4) is 0 Å². The van der Waals surface area contributed by atoms with E-state index in [0.29, 0.717) is 59.0 Å². The Morgan fingerprint density at radius 1 is 0.783 bits per heavy atom.